The van der Waals surface area contributed by atoms with Gasteiger partial charge in [-0.25, -0.2) is 0 Å². The van der Waals surface area contributed by atoms with Crippen LogP contribution in [0.2, 0.25) is 0 Å². The van der Waals surface area contributed by atoms with Crippen LogP contribution in [0.25, 0.3) is 0 Å². The first kappa shape index (κ1) is 12.5. The summed E-state index contributed by atoms with van der Waals surface area (Å²) < 4.78 is 16.9. The Balaban J connectivity index is 2.15. The highest BCUT2D eigenvalue weighted by molar-refractivity contribution is 6.61. The highest BCUT2D eigenvalue weighted by atomic mass is 16.6. The molecule has 0 aromatic heterocycles. The Morgan fingerprint density at radius 3 is 2.47 bits per heavy atom. The van der Waals surface area contributed by atoms with Crippen molar-refractivity contribution in [1.82, 2.24) is 0 Å². The molecule has 92 valence electrons. The van der Waals surface area contributed by atoms with Gasteiger partial charge in [0.05, 0.1) is 12.7 Å². The van der Waals surface area contributed by atoms with Crippen molar-refractivity contribution in [3.05, 3.63) is 24.3 Å². The summed E-state index contributed by atoms with van der Waals surface area (Å²) >= 11 is 0. The van der Waals surface area contributed by atoms with E-state index in [2.05, 4.69) is 20.8 Å². The second-order valence-electron chi connectivity index (χ2n) is 5.13. The smallest absolute Gasteiger partial charge is 0.494 e. The third-order valence-corrected chi connectivity index (χ3v) is 2.95. The zero-order valence-electron chi connectivity index (χ0n) is 10.9. The van der Waals surface area contributed by atoms with Crippen LogP contribution in [-0.4, -0.2) is 25.9 Å². The summed E-state index contributed by atoms with van der Waals surface area (Å²) in [6, 6.07) is 7.82. The van der Waals surface area contributed by atoms with E-state index >= 15 is 0 Å². The van der Waals surface area contributed by atoms with Crippen molar-refractivity contribution in [2.45, 2.75) is 38.9 Å². The van der Waals surface area contributed by atoms with Crippen LogP contribution in [0.15, 0.2) is 24.3 Å². The molecule has 1 heterocycles. The summed E-state index contributed by atoms with van der Waals surface area (Å²) in [5.41, 5.74) is 0.896. The zero-order valence-corrected chi connectivity index (χ0v) is 10.9. The van der Waals surface area contributed by atoms with Crippen molar-refractivity contribution in [2.24, 2.45) is 0 Å². The molecule has 4 heteroatoms. The maximum atomic E-state index is 5.94. The van der Waals surface area contributed by atoms with E-state index in [1.807, 2.05) is 24.3 Å². The standard InChI is InChI=1S/C13H19BO3/c1-10-9-13(2,3)17-14(16-10)11-5-7-12(15-4)8-6-11/h5-8,10H,9H2,1-4H3. The molecule has 0 N–H and O–H groups in total. The van der Waals surface area contributed by atoms with E-state index in [0.717, 1.165) is 17.6 Å². The molecule has 0 radical (unpaired) electrons. The lowest BCUT2D eigenvalue weighted by atomic mass is 9.75. The van der Waals surface area contributed by atoms with Gasteiger partial charge in [-0.15, -0.1) is 0 Å². The Kier molecular flexibility index (Phi) is 3.45. The van der Waals surface area contributed by atoms with E-state index in [4.69, 9.17) is 14.0 Å². The van der Waals surface area contributed by atoms with Gasteiger partial charge in [-0.05, 0) is 44.8 Å². The van der Waals surface area contributed by atoms with Crippen molar-refractivity contribution in [3.63, 3.8) is 0 Å². The van der Waals surface area contributed by atoms with Crippen LogP contribution in [0.5, 0.6) is 5.75 Å². The minimum absolute atomic E-state index is 0.137. The molecule has 1 aromatic carbocycles. The van der Waals surface area contributed by atoms with Gasteiger partial charge in [0, 0.05) is 6.10 Å². The second-order valence-corrected chi connectivity index (χ2v) is 5.13. The minimum atomic E-state index is -0.278. The molecule has 0 spiro atoms. The summed E-state index contributed by atoms with van der Waals surface area (Å²) in [5.74, 6) is 0.844. The van der Waals surface area contributed by atoms with Gasteiger partial charge in [0.25, 0.3) is 0 Å². The van der Waals surface area contributed by atoms with E-state index in [0.29, 0.717) is 0 Å². The number of rotatable bonds is 2. The monoisotopic (exact) mass is 234 g/mol. The van der Waals surface area contributed by atoms with Gasteiger partial charge in [-0.1, -0.05) is 12.1 Å². The number of methoxy groups -OCH3 is 1. The lowest BCUT2D eigenvalue weighted by molar-refractivity contribution is -0.0229. The Bertz CT molecular complexity index is 375. The Hall–Kier alpha value is -0.995. The largest absolute Gasteiger partial charge is 0.497 e. The zero-order chi connectivity index (χ0) is 12.5. The fourth-order valence-electron chi connectivity index (χ4n) is 2.22. The molecule has 1 aliphatic rings. The Morgan fingerprint density at radius 2 is 1.94 bits per heavy atom. The molecule has 2 rings (SSSR count). The summed E-state index contributed by atoms with van der Waals surface area (Å²) in [6.45, 7) is 6.28. The van der Waals surface area contributed by atoms with Crippen LogP contribution < -0.4 is 10.2 Å². The maximum Gasteiger partial charge on any atom is 0.494 e. The molecular formula is C13H19BO3. The normalized spacial score (nSPS) is 23.5. The maximum absolute atomic E-state index is 5.94. The molecule has 0 saturated carbocycles. The molecule has 0 bridgehead atoms. The van der Waals surface area contributed by atoms with Gasteiger partial charge in [-0.2, -0.15) is 0 Å². The number of hydrogen-bond acceptors (Lipinski definition) is 3. The van der Waals surface area contributed by atoms with Crippen LogP contribution in [0.3, 0.4) is 0 Å². The van der Waals surface area contributed by atoms with Crippen LogP contribution in [0, 0.1) is 0 Å². The van der Waals surface area contributed by atoms with E-state index < -0.39 is 0 Å². The Labute approximate surface area is 103 Å². The van der Waals surface area contributed by atoms with E-state index in [-0.39, 0.29) is 18.8 Å². The van der Waals surface area contributed by atoms with Gasteiger partial charge < -0.3 is 14.0 Å². The predicted molar refractivity (Wildman–Crippen MR) is 68.7 cm³/mol. The van der Waals surface area contributed by atoms with Crippen molar-refractivity contribution in [2.75, 3.05) is 7.11 Å². The molecule has 0 amide bonds. The van der Waals surface area contributed by atoms with Gasteiger partial charge >= 0.3 is 7.12 Å². The lowest BCUT2D eigenvalue weighted by Gasteiger charge is -2.38. The molecule has 1 saturated heterocycles. The first-order valence-corrected chi connectivity index (χ1v) is 5.97. The molecule has 1 aliphatic heterocycles. The van der Waals surface area contributed by atoms with Gasteiger partial charge in [0.1, 0.15) is 5.75 Å². The van der Waals surface area contributed by atoms with Crippen LogP contribution in [-0.2, 0) is 9.31 Å². The molecule has 3 nitrogen and oxygen atoms in total. The SMILES string of the molecule is COc1ccc(B2OC(C)CC(C)(C)O2)cc1. The number of hydrogen-bond donors (Lipinski definition) is 0. The number of ether oxygens (including phenoxy) is 1. The van der Waals surface area contributed by atoms with Crippen molar-refractivity contribution in [3.8, 4) is 5.75 Å². The van der Waals surface area contributed by atoms with Gasteiger partial charge in [0.15, 0.2) is 0 Å². The van der Waals surface area contributed by atoms with Crippen LogP contribution in [0.1, 0.15) is 27.2 Å². The average Bonchev–Trinajstić information content (AvgIpc) is 2.26. The van der Waals surface area contributed by atoms with Gasteiger partial charge in [-0.3, -0.25) is 0 Å². The second kappa shape index (κ2) is 4.71. The third-order valence-electron chi connectivity index (χ3n) is 2.95. The first-order chi connectivity index (χ1) is 8.00. The van der Waals surface area contributed by atoms with Crippen LogP contribution in [0.4, 0.5) is 0 Å². The highest BCUT2D eigenvalue weighted by Crippen LogP contribution is 2.25. The summed E-state index contributed by atoms with van der Waals surface area (Å²) in [5, 5.41) is 0. The molecular weight excluding hydrogens is 215 g/mol. The summed E-state index contributed by atoms with van der Waals surface area (Å²) in [7, 11) is 1.38. The van der Waals surface area contributed by atoms with Crippen molar-refractivity contribution < 1.29 is 14.0 Å². The predicted octanol–water partition coefficient (Wildman–Crippen LogP) is 1.99. The fourth-order valence-corrected chi connectivity index (χ4v) is 2.22. The average molecular weight is 234 g/mol. The van der Waals surface area contributed by atoms with Gasteiger partial charge in [0.2, 0.25) is 0 Å². The quantitative estimate of drug-likeness (QED) is 0.732. The molecule has 17 heavy (non-hydrogen) atoms. The Morgan fingerprint density at radius 1 is 1.29 bits per heavy atom. The first-order valence-electron chi connectivity index (χ1n) is 5.97. The molecule has 1 atom stereocenters. The third kappa shape index (κ3) is 3.02. The van der Waals surface area contributed by atoms with E-state index in [1.165, 1.54) is 0 Å². The topological polar surface area (TPSA) is 27.7 Å². The van der Waals surface area contributed by atoms with Crippen molar-refractivity contribution in [1.29, 1.82) is 0 Å². The van der Waals surface area contributed by atoms with E-state index in [1.54, 1.807) is 7.11 Å². The summed E-state index contributed by atoms with van der Waals surface area (Å²) in [6.07, 6.45) is 1.13. The van der Waals surface area contributed by atoms with E-state index in [9.17, 15) is 0 Å². The lowest BCUT2D eigenvalue weighted by Crippen LogP contribution is -2.51. The minimum Gasteiger partial charge on any atom is -0.497 e. The van der Waals surface area contributed by atoms with Crippen LogP contribution >= 0.6 is 0 Å². The molecule has 1 unspecified atom stereocenters. The fraction of sp³-hybridized carbons (Fsp3) is 0.538. The summed E-state index contributed by atoms with van der Waals surface area (Å²) in [4.78, 5) is 0. The number of benzene rings is 1. The highest BCUT2D eigenvalue weighted by Gasteiger charge is 2.37. The molecule has 0 aliphatic carbocycles. The molecule has 1 aromatic rings. The van der Waals surface area contributed by atoms with Crippen molar-refractivity contribution >= 4 is 12.6 Å². The molecule has 1 fully saturated rings.